The van der Waals surface area contributed by atoms with Crippen LogP contribution in [-0.2, 0) is 27.1 Å². The number of morpholine rings is 1. The number of hydrogen-bond donors (Lipinski definition) is 3. The molecular weight excluding hydrogens is 601 g/mol. The van der Waals surface area contributed by atoms with Gasteiger partial charge >= 0.3 is 6.09 Å². The summed E-state index contributed by atoms with van der Waals surface area (Å²) < 4.78 is 28.4. The molecule has 0 bridgehead atoms. The highest BCUT2D eigenvalue weighted by Crippen LogP contribution is 2.15. The standard InChI is InChI=1S/C13H12.C12H14N2O2.C11H14FN3O3/c1-3-7-12(8-4-1)11-13-9-5-2-6-10-13;13-7-10-1-3-11(4-2-10)16-9-12-8-14-5-6-15-12;1-3-8-9(4-7(12)5-13-8)15-10(16)6-14-11(17)18-2/h1-10H,11H2;1-4,12,14H,5-6,8-9H2;4-5H,3,6H2,1-2H3,(H,14,17)(H,15,16). The summed E-state index contributed by atoms with van der Waals surface area (Å²) in [6.45, 7) is 4.60. The number of alkyl carbamates (subject to hydrolysis) is 1. The number of carbonyl (C=O) groups is 2. The highest BCUT2D eigenvalue weighted by Gasteiger charge is 2.14. The molecule has 0 radical (unpaired) electrons. The minimum atomic E-state index is -0.710. The second-order valence-corrected chi connectivity index (χ2v) is 10.2. The van der Waals surface area contributed by atoms with Crippen LogP contribution in [0.1, 0.15) is 29.3 Å². The number of nitrogens with zero attached hydrogens (tertiary/aromatic N) is 2. The largest absolute Gasteiger partial charge is 0.491 e. The average molecular weight is 642 g/mol. The van der Waals surface area contributed by atoms with Gasteiger partial charge in [0, 0.05) is 19.2 Å². The number of halogens is 1. The van der Waals surface area contributed by atoms with Gasteiger partial charge in [-0.1, -0.05) is 67.6 Å². The van der Waals surface area contributed by atoms with Crippen LogP contribution in [0.25, 0.3) is 0 Å². The lowest BCUT2D eigenvalue weighted by atomic mass is 10.1. The van der Waals surface area contributed by atoms with Crippen molar-refractivity contribution in [2.24, 2.45) is 0 Å². The van der Waals surface area contributed by atoms with Crippen LogP contribution in [0, 0.1) is 17.1 Å². The molecule has 1 fully saturated rings. The second-order valence-electron chi connectivity index (χ2n) is 10.2. The van der Waals surface area contributed by atoms with Crippen LogP contribution in [0.2, 0.25) is 0 Å². The van der Waals surface area contributed by atoms with Crippen molar-refractivity contribution in [3.63, 3.8) is 0 Å². The Morgan fingerprint density at radius 1 is 1.04 bits per heavy atom. The Bertz CT molecular complexity index is 1510. The van der Waals surface area contributed by atoms with Crippen LogP contribution in [0.15, 0.2) is 97.2 Å². The Morgan fingerprint density at radius 3 is 2.26 bits per heavy atom. The molecule has 0 spiro atoms. The molecule has 3 N–H and O–H groups in total. The Labute approximate surface area is 274 Å². The molecule has 1 atom stereocenters. The Hall–Kier alpha value is -5.31. The summed E-state index contributed by atoms with van der Waals surface area (Å²) in [5.74, 6) is -0.251. The molecule has 47 heavy (non-hydrogen) atoms. The Kier molecular flexibility index (Phi) is 15.9. The highest BCUT2D eigenvalue weighted by molar-refractivity contribution is 5.94. The number of nitrogens with one attached hydrogen (secondary N) is 3. The van der Waals surface area contributed by atoms with E-state index in [2.05, 4.69) is 92.4 Å². The second kappa shape index (κ2) is 20.7. The molecule has 2 heterocycles. The molecule has 0 aliphatic carbocycles. The van der Waals surface area contributed by atoms with Crippen molar-refractivity contribution in [3.05, 3.63) is 125 Å². The molecule has 2 amide bonds. The molecule has 11 heteroatoms. The maximum Gasteiger partial charge on any atom is 0.407 e. The van der Waals surface area contributed by atoms with E-state index < -0.39 is 17.8 Å². The van der Waals surface area contributed by atoms with Crippen molar-refractivity contribution in [3.8, 4) is 11.8 Å². The minimum Gasteiger partial charge on any atom is -0.491 e. The van der Waals surface area contributed by atoms with E-state index in [-0.39, 0.29) is 12.6 Å². The Balaban J connectivity index is 0.000000194. The van der Waals surface area contributed by atoms with Gasteiger partial charge in [0.05, 0.1) is 42.9 Å². The third-order valence-electron chi connectivity index (χ3n) is 6.64. The van der Waals surface area contributed by atoms with Gasteiger partial charge in [-0.2, -0.15) is 5.26 Å². The minimum absolute atomic E-state index is 0.115. The molecule has 1 aromatic heterocycles. The topological polar surface area (TPSA) is 135 Å². The number of methoxy groups -OCH3 is 1. The van der Waals surface area contributed by atoms with Crippen molar-refractivity contribution in [1.82, 2.24) is 15.6 Å². The van der Waals surface area contributed by atoms with Crippen molar-refractivity contribution < 1.29 is 28.2 Å². The van der Waals surface area contributed by atoms with Crippen molar-refractivity contribution in [1.29, 1.82) is 5.26 Å². The zero-order valence-electron chi connectivity index (χ0n) is 26.6. The smallest absolute Gasteiger partial charge is 0.407 e. The number of anilines is 1. The number of nitriles is 1. The van der Waals surface area contributed by atoms with Gasteiger partial charge in [0.1, 0.15) is 30.8 Å². The number of aromatic nitrogens is 1. The fourth-order valence-corrected chi connectivity index (χ4v) is 4.25. The number of amides is 2. The quantitative estimate of drug-likeness (QED) is 0.225. The van der Waals surface area contributed by atoms with E-state index in [1.54, 1.807) is 24.3 Å². The molecule has 5 rings (SSSR count). The predicted molar refractivity (Wildman–Crippen MR) is 178 cm³/mol. The lowest BCUT2D eigenvalue weighted by Crippen LogP contribution is -2.41. The van der Waals surface area contributed by atoms with Gasteiger partial charge in [-0.25, -0.2) is 9.18 Å². The first-order chi connectivity index (χ1) is 22.9. The lowest BCUT2D eigenvalue weighted by Gasteiger charge is -2.23. The third-order valence-corrected chi connectivity index (χ3v) is 6.64. The summed E-state index contributed by atoms with van der Waals surface area (Å²) >= 11 is 0. The molecule has 3 aromatic carbocycles. The summed E-state index contributed by atoms with van der Waals surface area (Å²) in [6, 6.07) is 31.4. The molecule has 0 saturated carbocycles. The summed E-state index contributed by atoms with van der Waals surface area (Å²) in [5, 5.41) is 16.6. The zero-order valence-corrected chi connectivity index (χ0v) is 26.6. The number of carbonyl (C=O) groups excluding carboxylic acids is 2. The van der Waals surface area contributed by atoms with Crippen LogP contribution in [0.5, 0.6) is 5.75 Å². The van der Waals surface area contributed by atoms with E-state index in [0.29, 0.717) is 30.0 Å². The highest BCUT2D eigenvalue weighted by atomic mass is 19.1. The van der Waals surface area contributed by atoms with Crippen molar-refractivity contribution in [2.45, 2.75) is 25.9 Å². The van der Waals surface area contributed by atoms with E-state index in [1.165, 1.54) is 24.3 Å². The van der Waals surface area contributed by atoms with E-state index >= 15 is 0 Å². The van der Waals surface area contributed by atoms with Gasteiger partial charge < -0.3 is 30.2 Å². The first-order valence-electron chi connectivity index (χ1n) is 15.2. The predicted octanol–water partition coefficient (Wildman–Crippen LogP) is 5.28. The lowest BCUT2D eigenvalue weighted by molar-refractivity contribution is -0.115. The van der Waals surface area contributed by atoms with Gasteiger partial charge in [0.25, 0.3) is 0 Å². The van der Waals surface area contributed by atoms with Gasteiger partial charge in [-0.3, -0.25) is 9.78 Å². The zero-order chi connectivity index (χ0) is 33.7. The van der Waals surface area contributed by atoms with E-state index in [0.717, 1.165) is 38.1 Å². The summed E-state index contributed by atoms with van der Waals surface area (Å²) in [5.41, 5.74) is 4.25. The number of aryl methyl sites for hydroxylation is 1. The monoisotopic (exact) mass is 641 g/mol. The number of hydrogen-bond acceptors (Lipinski definition) is 8. The average Bonchev–Trinajstić information content (AvgIpc) is 3.12. The molecule has 1 aliphatic rings. The normalized spacial score (nSPS) is 13.3. The molecule has 1 aliphatic heterocycles. The summed E-state index contributed by atoms with van der Waals surface area (Å²) in [7, 11) is 1.19. The van der Waals surface area contributed by atoms with E-state index in [4.69, 9.17) is 14.7 Å². The van der Waals surface area contributed by atoms with Gasteiger partial charge in [0.15, 0.2) is 0 Å². The maximum absolute atomic E-state index is 13.0. The number of pyridine rings is 1. The van der Waals surface area contributed by atoms with Gasteiger partial charge in [0.2, 0.25) is 5.91 Å². The van der Waals surface area contributed by atoms with Crippen LogP contribution >= 0.6 is 0 Å². The van der Waals surface area contributed by atoms with Crippen LogP contribution < -0.4 is 20.7 Å². The van der Waals surface area contributed by atoms with E-state index in [9.17, 15) is 14.0 Å². The maximum atomic E-state index is 13.0. The van der Waals surface area contributed by atoms with Crippen LogP contribution in [0.3, 0.4) is 0 Å². The first kappa shape index (κ1) is 36.2. The van der Waals surface area contributed by atoms with E-state index in [1.807, 2.05) is 6.92 Å². The van der Waals surface area contributed by atoms with Crippen LogP contribution in [0.4, 0.5) is 14.9 Å². The summed E-state index contributed by atoms with van der Waals surface area (Å²) in [4.78, 5) is 26.1. The third kappa shape index (κ3) is 14.1. The molecule has 1 saturated heterocycles. The fourth-order valence-electron chi connectivity index (χ4n) is 4.25. The van der Waals surface area contributed by atoms with Crippen molar-refractivity contribution >= 4 is 17.7 Å². The molecule has 246 valence electrons. The summed E-state index contributed by atoms with van der Waals surface area (Å²) in [6.07, 6.45) is 2.08. The van der Waals surface area contributed by atoms with Crippen molar-refractivity contribution in [2.75, 3.05) is 45.3 Å². The van der Waals surface area contributed by atoms with Gasteiger partial charge in [-0.15, -0.1) is 0 Å². The molecule has 4 aromatic rings. The SMILES string of the molecule is CCc1ncc(F)cc1NC(=O)CNC(=O)OC.N#Cc1ccc(OCC2CNCCO2)cc1.c1ccc(Cc2ccccc2)cc1. The van der Waals surface area contributed by atoms with Crippen LogP contribution in [-0.4, -0.2) is 63.0 Å². The number of ether oxygens (including phenoxy) is 3. The van der Waals surface area contributed by atoms with Gasteiger partial charge in [-0.05, 0) is 48.2 Å². The molecular formula is C36H40FN5O5. The number of benzene rings is 3. The molecule has 1 unspecified atom stereocenters. The molecule has 10 nitrogen and oxygen atoms in total. The Morgan fingerprint density at radius 2 is 1.70 bits per heavy atom. The fraction of sp³-hybridized carbons (Fsp3) is 0.278. The first-order valence-corrected chi connectivity index (χ1v) is 15.2. The number of rotatable bonds is 9.